The van der Waals surface area contributed by atoms with Crippen LogP contribution in [-0.4, -0.2) is 32.2 Å². The predicted octanol–water partition coefficient (Wildman–Crippen LogP) is 5.48. The third-order valence-electron chi connectivity index (χ3n) is 4.44. The molecule has 0 saturated heterocycles. The zero-order valence-electron chi connectivity index (χ0n) is 13.7. The van der Waals surface area contributed by atoms with Crippen LogP contribution in [0, 0.1) is 5.92 Å². The van der Waals surface area contributed by atoms with E-state index in [1.54, 1.807) is 7.11 Å². The van der Waals surface area contributed by atoms with Gasteiger partial charge in [-0.1, -0.05) is 12.1 Å². The van der Waals surface area contributed by atoms with Crippen molar-refractivity contribution in [1.29, 1.82) is 0 Å². The van der Waals surface area contributed by atoms with Gasteiger partial charge >= 0.3 is 12.3 Å². The number of hydrogen-bond acceptors (Lipinski definition) is 2. The molecular weight excluding hydrogens is 350 g/mol. The van der Waals surface area contributed by atoms with E-state index in [4.69, 9.17) is 4.74 Å². The van der Waals surface area contributed by atoms with E-state index in [1.807, 2.05) is 0 Å². The molecule has 0 bridgehead atoms. The average Bonchev–Trinajstić information content (AvgIpc) is 2.55. The maximum Gasteiger partial charge on any atom is 0.439 e. The third-order valence-corrected chi connectivity index (χ3v) is 4.44. The summed E-state index contributed by atoms with van der Waals surface area (Å²) in [4.78, 5) is 0. The molecule has 25 heavy (non-hydrogen) atoms. The van der Waals surface area contributed by atoms with Gasteiger partial charge in [0, 0.05) is 13.7 Å². The van der Waals surface area contributed by atoms with Crippen molar-refractivity contribution >= 4 is 0 Å². The van der Waals surface area contributed by atoms with E-state index in [0.29, 0.717) is 12.5 Å². The van der Waals surface area contributed by atoms with E-state index in [9.17, 15) is 26.3 Å². The standard InChI is InChI=1S/C17H20F6O2/c1-24-10-11-2-4-12(5-3-11)13-6-8-14(9-7-13)25-17(22,23)15(18)16(19,20)21/h6-9,11-12,15H,2-5,10H2,1H3. The lowest BCUT2D eigenvalue weighted by Gasteiger charge is -2.28. The van der Waals surface area contributed by atoms with Crippen molar-refractivity contribution in [2.75, 3.05) is 13.7 Å². The van der Waals surface area contributed by atoms with Gasteiger partial charge in [-0.05, 0) is 55.2 Å². The van der Waals surface area contributed by atoms with Crippen LogP contribution in [0.4, 0.5) is 26.3 Å². The highest BCUT2D eigenvalue weighted by atomic mass is 19.4. The summed E-state index contributed by atoms with van der Waals surface area (Å²) in [6.45, 7) is 0.707. The highest BCUT2D eigenvalue weighted by Crippen LogP contribution is 2.38. The molecule has 0 spiro atoms. The first-order valence-corrected chi connectivity index (χ1v) is 8.00. The molecule has 0 aliphatic heterocycles. The van der Waals surface area contributed by atoms with Crippen LogP contribution in [-0.2, 0) is 4.74 Å². The monoisotopic (exact) mass is 370 g/mol. The number of ether oxygens (including phenoxy) is 2. The van der Waals surface area contributed by atoms with Crippen LogP contribution in [0.15, 0.2) is 24.3 Å². The number of alkyl halides is 6. The Morgan fingerprint density at radius 1 is 1.00 bits per heavy atom. The van der Waals surface area contributed by atoms with Gasteiger partial charge in [-0.15, -0.1) is 0 Å². The van der Waals surface area contributed by atoms with Crippen molar-refractivity contribution in [3.8, 4) is 5.75 Å². The molecule has 0 amide bonds. The van der Waals surface area contributed by atoms with Gasteiger partial charge in [0.1, 0.15) is 5.75 Å². The maximum absolute atomic E-state index is 13.2. The van der Waals surface area contributed by atoms with Crippen LogP contribution >= 0.6 is 0 Å². The summed E-state index contributed by atoms with van der Waals surface area (Å²) in [6, 6.07) is 5.36. The molecule has 1 aliphatic rings. The molecule has 1 fully saturated rings. The molecule has 0 N–H and O–H groups in total. The second kappa shape index (κ2) is 7.85. The summed E-state index contributed by atoms with van der Waals surface area (Å²) in [6.07, 6.45) is -11.2. The first-order chi connectivity index (χ1) is 11.6. The van der Waals surface area contributed by atoms with Crippen molar-refractivity contribution in [1.82, 2.24) is 0 Å². The Balaban J connectivity index is 1.96. The molecule has 1 aliphatic carbocycles. The van der Waals surface area contributed by atoms with E-state index >= 15 is 0 Å². The van der Waals surface area contributed by atoms with Crippen molar-refractivity contribution < 1.29 is 35.8 Å². The molecule has 1 atom stereocenters. The number of methoxy groups -OCH3 is 1. The molecule has 0 aromatic heterocycles. The second-order valence-corrected chi connectivity index (χ2v) is 6.31. The summed E-state index contributed by atoms with van der Waals surface area (Å²) in [5.74, 6) is 0.256. The van der Waals surface area contributed by atoms with Gasteiger partial charge in [-0.3, -0.25) is 0 Å². The summed E-state index contributed by atoms with van der Waals surface area (Å²) in [5.41, 5.74) is 0.902. The molecule has 1 aromatic carbocycles. The van der Waals surface area contributed by atoms with Crippen molar-refractivity contribution in [3.05, 3.63) is 29.8 Å². The lowest BCUT2D eigenvalue weighted by Crippen LogP contribution is -2.45. The zero-order chi connectivity index (χ0) is 18.7. The Morgan fingerprint density at radius 2 is 1.56 bits per heavy atom. The van der Waals surface area contributed by atoms with Crippen molar-refractivity contribution in [2.45, 2.75) is 50.1 Å². The lowest BCUT2D eigenvalue weighted by atomic mass is 9.79. The molecule has 2 rings (SSSR count). The van der Waals surface area contributed by atoms with Gasteiger partial charge in [-0.2, -0.15) is 22.0 Å². The van der Waals surface area contributed by atoms with Crippen LogP contribution in [0.3, 0.4) is 0 Å². The molecule has 0 heterocycles. The van der Waals surface area contributed by atoms with E-state index in [2.05, 4.69) is 4.74 Å². The highest BCUT2D eigenvalue weighted by molar-refractivity contribution is 5.30. The molecular formula is C17H20F6O2. The van der Waals surface area contributed by atoms with Crippen LogP contribution in [0.25, 0.3) is 0 Å². The highest BCUT2D eigenvalue weighted by Gasteiger charge is 2.59. The van der Waals surface area contributed by atoms with E-state index in [1.165, 1.54) is 12.1 Å². The molecule has 1 unspecified atom stereocenters. The Hall–Kier alpha value is -1.44. The number of benzene rings is 1. The van der Waals surface area contributed by atoms with E-state index in [0.717, 1.165) is 43.4 Å². The van der Waals surface area contributed by atoms with Crippen LogP contribution in [0.5, 0.6) is 5.75 Å². The van der Waals surface area contributed by atoms with E-state index < -0.39 is 24.2 Å². The second-order valence-electron chi connectivity index (χ2n) is 6.31. The number of rotatable bonds is 6. The van der Waals surface area contributed by atoms with E-state index in [-0.39, 0.29) is 5.92 Å². The molecule has 0 radical (unpaired) electrons. The van der Waals surface area contributed by atoms with Crippen LogP contribution < -0.4 is 4.74 Å². The lowest BCUT2D eigenvalue weighted by molar-refractivity contribution is -0.304. The fourth-order valence-corrected chi connectivity index (χ4v) is 3.11. The first-order valence-electron chi connectivity index (χ1n) is 8.00. The van der Waals surface area contributed by atoms with Gasteiger partial charge in [0.2, 0.25) is 0 Å². The normalized spacial score (nSPS) is 23.3. The molecule has 1 saturated carbocycles. The maximum atomic E-state index is 13.2. The van der Waals surface area contributed by atoms with Gasteiger partial charge in [0.25, 0.3) is 6.17 Å². The molecule has 8 heteroatoms. The summed E-state index contributed by atoms with van der Waals surface area (Å²) in [7, 11) is 1.65. The summed E-state index contributed by atoms with van der Waals surface area (Å²) >= 11 is 0. The Morgan fingerprint density at radius 3 is 2.04 bits per heavy atom. The Labute approximate surface area is 142 Å². The third kappa shape index (κ3) is 5.26. The minimum Gasteiger partial charge on any atom is -0.430 e. The van der Waals surface area contributed by atoms with Gasteiger partial charge in [0.05, 0.1) is 0 Å². The number of halogens is 6. The van der Waals surface area contributed by atoms with Gasteiger partial charge < -0.3 is 9.47 Å². The fourth-order valence-electron chi connectivity index (χ4n) is 3.11. The SMILES string of the molecule is COCC1CCC(c2ccc(OC(F)(F)C(F)C(F)(F)F)cc2)CC1. The smallest absolute Gasteiger partial charge is 0.430 e. The molecule has 142 valence electrons. The summed E-state index contributed by atoms with van der Waals surface area (Å²) in [5, 5.41) is 0. The largest absolute Gasteiger partial charge is 0.439 e. The zero-order valence-corrected chi connectivity index (χ0v) is 13.7. The van der Waals surface area contributed by atoms with Gasteiger partial charge in [-0.25, -0.2) is 4.39 Å². The topological polar surface area (TPSA) is 18.5 Å². The van der Waals surface area contributed by atoms with Crippen molar-refractivity contribution in [3.63, 3.8) is 0 Å². The quantitative estimate of drug-likeness (QED) is 0.618. The predicted molar refractivity (Wildman–Crippen MR) is 79.5 cm³/mol. The Kier molecular flexibility index (Phi) is 6.24. The van der Waals surface area contributed by atoms with Crippen LogP contribution in [0.1, 0.15) is 37.2 Å². The fraction of sp³-hybridized carbons (Fsp3) is 0.647. The molecule has 1 aromatic rings. The van der Waals surface area contributed by atoms with Crippen molar-refractivity contribution in [2.24, 2.45) is 5.92 Å². The number of hydrogen-bond donors (Lipinski definition) is 0. The minimum absolute atomic E-state index is 0.256. The average molecular weight is 370 g/mol. The minimum atomic E-state index is -5.69. The summed E-state index contributed by atoms with van der Waals surface area (Å²) < 4.78 is 84.7. The van der Waals surface area contributed by atoms with Crippen LogP contribution in [0.2, 0.25) is 0 Å². The Bertz CT molecular complexity index is 535. The first kappa shape index (κ1) is 19.9. The van der Waals surface area contributed by atoms with Gasteiger partial charge in [0.15, 0.2) is 0 Å². The molecule has 2 nitrogen and oxygen atoms in total.